The van der Waals surface area contributed by atoms with Crippen LogP contribution in [-0.4, -0.2) is 35.2 Å². The molecule has 1 amide bonds. The number of aliphatic carboxylic acids is 1. The van der Waals surface area contributed by atoms with Crippen molar-refractivity contribution in [2.75, 3.05) is 11.9 Å². The SMILES string of the molecule is CC1Oc2ccc(C(O)CC(=O)O)cc2N(C)C1=O. The zero-order chi connectivity index (χ0) is 14.2. The van der Waals surface area contributed by atoms with E-state index in [9.17, 15) is 14.7 Å². The second kappa shape index (κ2) is 4.89. The Labute approximate surface area is 110 Å². The Morgan fingerprint density at radius 2 is 2.21 bits per heavy atom. The zero-order valence-electron chi connectivity index (χ0n) is 10.7. The molecule has 0 radical (unpaired) electrons. The van der Waals surface area contributed by atoms with E-state index in [1.54, 1.807) is 32.2 Å². The third kappa shape index (κ3) is 2.53. The largest absolute Gasteiger partial charge is 0.481 e. The molecule has 1 heterocycles. The number of fused-ring (bicyclic) bond motifs is 1. The minimum Gasteiger partial charge on any atom is -0.481 e. The average molecular weight is 265 g/mol. The zero-order valence-corrected chi connectivity index (χ0v) is 10.7. The Kier molecular flexibility index (Phi) is 3.44. The number of hydrogen-bond donors (Lipinski definition) is 2. The first-order chi connectivity index (χ1) is 8.90. The Morgan fingerprint density at radius 1 is 1.53 bits per heavy atom. The van der Waals surface area contributed by atoms with Crippen LogP contribution in [0.2, 0.25) is 0 Å². The molecule has 1 aromatic carbocycles. The summed E-state index contributed by atoms with van der Waals surface area (Å²) in [6, 6.07) is 4.81. The maximum Gasteiger partial charge on any atom is 0.306 e. The predicted octanol–water partition coefficient (Wildman–Crippen LogP) is 0.938. The topological polar surface area (TPSA) is 87.1 Å². The van der Waals surface area contributed by atoms with Gasteiger partial charge < -0.3 is 19.8 Å². The fourth-order valence-corrected chi connectivity index (χ4v) is 2.02. The average Bonchev–Trinajstić information content (AvgIpc) is 2.35. The highest BCUT2D eigenvalue weighted by atomic mass is 16.5. The van der Waals surface area contributed by atoms with Crippen molar-refractivity contribution < 1.29 is 24.5 Å². The summed E-state index contributed by atoms with van der Waals surface area (Å²) in [5, 5.41) is 18.4. The highest BCUT2D eigenvalue weighted by Crippen LogP contribution is 2.35. The number of amides is 1. The maximum absolute atomic E-state index is 11.8. The Balaban J connectivity index is 2.33. The number of aliphatic hydroxyl groups excluding tert-OH is 1. The fraction of sp³-hybridized carbons (Fsp3) is 0.385. The number of likely N-dealkylation sites (N-methyl/N-ethyl adjacent to an activating group) is 1. The van der Waals surface area contributed by atoms with Crippen molar-refractivity contribution in [3.8, 4) is 5.75 Å². The molecule has 1 aliphatic rings. The molecule has 2 atom stereocenters. The third-order valence-electron chi connectivity index (χ3n) is 3.08. The highest BCUT2D eigenvalue weighted by molar-refractivity contribution is 5.99. The molecule has 102 valence electrons. The molecule has 2 N–H and O–H groups in total. The predicted molar refractivity (Wildman–Crippen MR) is 67.2 cm³/mol. The van der Waals surface area contributed by atoms with E-state index in [0.29, 0.717) is 17.0 Å². The lowest BCUT2D eigenvalue weighted by atomic mass is 10.0. The van der Waals surface area contributed by atoms with Gasteiger partial charge in [-0.15, -0.1) is 0 Å². The van der Waals surface area contributed by atoms with Crippen molar-refractivity contribution in [3.63, 3.8) is 0 Å². The second-order valence-electron chi connectivity index (χ2n) is 4.50. The number of rotatable bonds is 3. The Morgan fingerprint density at radius 3 is 2.84 bits per heavy atom. The van der Waals surface area contributed by atoms with Gasteiger partial charge in [0.15, 0.2) is 6.10 Å². The molecule has 2 rings (SSSR count). The summed E-state index contributed by atoms with van der Waals surface area (Å²) in [6.45, 7) is 1.66. The number of carbonyl (C=O) groups is 2. The van der Waals surface area contributed by atoms with Crippen molar-refractivity contribution >= 4 is 17.6 Å². The lowest BCUT2D eigenvalue weighted by molar-refractivity contribution is -0.139. The van der Waals surface area contributed by atoms with Gasteiger partial charge in [0.1, 0.15) is 5.75 Å². The van der Waals surface area contributed by atoms with Crippen LogP contribution < -0.4 is 9.64 Å². The molecule has 0 bridgehead atoms. The molecular formula is C13H15NO5. The number of anilines is 1. The van der Waals surface area contributed by atoms with Crippen molar-refractivity contribution in [3.05, 3.63) is 23.8 Å². The molecule has 0 aliphatic carbocycles. The lowest BCUT2D eigenvalue weighted by Crippen LogP contribution is -2.42. The normalized spacial score (nSPS) is 19.6. The molecule has 6 nitrogen and oxygen atoms in total. The van der Waals surface area contributed by atoms with Gasteiger partial charge in [0.25, 0.3) is 5.91 Å². The number of carboxylic acid groups (broad SMARTS) is 1. The minimum absolute atomic E-state index is 0.183. The first-order valence-corrected chi connectivity index (χ1v) is 5.88. The van der Waals surface area contributed by atoms with Crippen LogP contribution in [0.4, 0.5) is 5.69 Å². The molecule has 2 unspecified atom stereocenters. The minimum atomic E-state index is -1.11. The summed E-state index contributed by atoms with van der Waals surface area (Å²) >= 11 is 0. The number of benzene rings is 1. The first kappa shape index (κ1) is 13.4. The summed E-state index contributed by atoms with van der Waals surface area (Å²) < 4.78 is 5.44. The van der Waals surface area contributed by atoms with Crippen LogP contribution >= 0.6 is 0 Å². The molecule has 1 aromatic rings. The first-order valence-electron chi connectivity index (χ1n) is 5.88. The summed E-state index contributed by atoms with van der Waals surface area (Å²) in [5.41, 5.74) is 0.976. The maximum atomic E-state index is 11.8. The van der Waals surface area contributed by atoms with Gasteiger partial charge >= 0.3 is 5.97 Å². The number of carboxylic acids is 1. The quantitative estimate of drug-likeness (QED) is 0.849. The van der Waals surface area contributed by atoms with Gasteiger partial charge in [-0.25, -0.2) is 0 Å². The Bertz CT molecular complexity index is 528. The smallest absolute Gasteiger partial charge is 0.306 e. The fourth-order valence-electron chi connectivity index (χ4n) is 2.02. The molecule has 0 spiro atoms. The van der Waals surface area contributed by atoms with Crippen molar-refractivity contribution in [1.82, 2.24) is 0 Å². The Hall–Kier alpha value is -2.08. The van der Waals surface area contributed by atoms with E-state index in [-0.39, 0.29) is 12.3 Å². The summed E-state index contributed by atoms with van der Waals surface area (Å²) in [5.74, 6) is -0.724. The number of nitrogens with zero attached hydrogens (tertiary/aromatic N) is 1. The van der Waals surface area contributed by atoms with Crippen LogP contribution in [0.5, 0.6) is 5.75 Å². The van der Waals surface area contributed by atoms with Crippen LogP contribution in [0.25, 0.3) is 0 Å². The third-order valence-corrected chi connectivity index (χ3v) is 3.08. The van der Waals surface area contributed by atoms with Crippen LogP contribution in [-0.2, 0) is 9.59 Å². The summed E-state index contributed by atoms with van der Waals surface area (Å²) in [4.78, 5) is 23.8. The van der Waals surface area contributed by atoms with Crippen molar-refractivity contribution in [2.24, 2.45) is 0 Å². The number of aliphatic hydroxyl groups is 1. The van der Waals surface area contributed by atoms with Gasteiger partial charge in [-0.05, 0) is 24.6 Å². The highest BCUT2D eigenvalue weighted by Gasteiger charge is 2.29. The number of ether oxygens (including phenoxy) is 1. The summed E-state index contributed by atoms with van der Waals surface area (Å²) in [6.07, 6.45) is -2.04. The van der Waals surface area contributed by atoms with Crippen LogP contribution in [0, 0.1) is 0 Å². The van der Waals surface area contributed by atoms with Crippen molar-refractivity contribution in [2.45, 2.75) is 25.6 Å². The van der Waals surface area contributed by atoms with Gasteiger partial charge in [0.2, 0.25) is 0 Å². The van der Waals surface area contributed by atoms with E-state index in [2.05, 4.69) is 0 Å². The molecule has 19 heavy (non-hydrogen) atoms. The van der Waals surface area contributed by atoms with E-state index in [1.165, 1.54) is 4.90 Å². The van der Waals surface area contributed by atoms with Gasteiger partial charge in [0.05, 0.1) is 18.2 Å². The molecule has 0 aromatic heterocycles. The van der Waals surface area contributed by atoms with Crippen LogP contribution in [0.15, 0.2) is 18.2 Å². The van der Waals surface area contributed by atoms with Crippen LogP contribution in [0.3, 0.4) is 0 Å². The van der Waals surface area contributed by atoms with E-state index in [1.807, 2.05) is 0 Å². The van der Waals surface area contributed by atoms with E-state index in [0.717, 1.165) is 0 Å². The van der Waals surface area contributed by atoms with Gasteiger partial charge in [-0.1, -0.05) is 6.07 Å². The molecule has 0 fully saturated rings. The van der Waals surface area contributed by atoms with Crippen LogP contribution in [0.1, 0.15) is 25.0 Å². The monoisotopic (exact) mass is 265 g/mol. The van der Waals surface area contributed by atoms with Crippen molar-refractivity contribution in [1.29, 1.82) is 0 Å². The number of hydrogen-bond acceptors (Lipinski definition) is 4. The van der Waals surface area contributed by atoms with E-state index in [4.69, 9.17) is 9.84 Å². The second-order valence-corrected chi connectivity index (χ2v) is 4.50. The number of carbonyl (C=O) groups excluding carboxylic acids is 1. The lowest BCUT2D eigenvalue weighted by Gasteiger charge is -2.30. The molecule has 1 aliphatic heterocycles. The van der Waals surface area contributed by atoms with Gasteiger partial charge in [0, 0.05) is 7.05 Å². The molecule has 0 saturated heterocycles. The standard InChI is InChI=1S/C13H15NO5/c1-7-13(18)14(2)9-5-8(3-4-11(9)19-7)10(15)6-12(16)17/h3-5,7,10,15H,6H2,1-2H3,(H,16,17). The van der Waals surface area contributed by atoms with Gasteiger partial charge in [-0.3, -0.25) is 9.59 Å². The summed E-state index contributed by atoms with van der Waals surface area (Å²) in [7, 11) is 1.62. The van der Waals surface area contributed by atoms with E-state index < -0.39 is 18.2 Å². The van der Waals surface area contributed by atoms with Gasteiger partial charge in [-0.2, -0.15) is 0 Å². The van der Waals surface area contributed by atoms with E-state index >= 15 is 0 Å². The molecule has 6 heteroatoms. The molecular weight excluding hydrogens is 250 g/mol. The molecule has 0 saturated carbocycles.